The van der Waals surface area contributed by atoms with Gasteiger partial charge in [-0.1, -0.05) is 30.2 Å². The molecule has 0 radical (unpaired) electrons. The van der Waals surface area contributed by atoms with E-state index >= 15 is 0 Å². The molecule has 0 aliphatic heterocycles. The first-order chi connectivity index (χ1) is 10.6. The molecular formula is C19H35NO3. The molecule has 134 valence electrons. The molecule has 0 bridgehead atoms. The summed E-state index contributed by atoms with van der Waals surface area (Å²) < 4.78 is 5.43. The van der Waals surface area contributed by atoms with E-state index in [-0.39, 0.29) is 12.6 Å². The van der Waals surface area contributed by atoms with Gasteiger partial charge in [0.05, 0.1) is 0 Å². The number of rotatable bonds is 10. The lowest BCUT2D eigenvalue weighted by Crippen LogP contribution is -2.48. The van der Waals surface area contributed by atoms with Gasteiger partial charge >= 0.3 is 5.97 Å². The minimum absolute atomic E-state index is 0.235. The van der Waals surface area contributed by atoms with Crippen LogP contribution in [-0.4, -0.2) is 48.3 Å². The van der Waals surface area contributed by atoms with E-state index in [1.165, 1.54) is 11.1 Å². The molecule has 4 heteroatoms. The average Bonchev–Trinajstić information content (AvgIpc) is 2.43. The molecule has 0 saturated heterocycles. The highest BCUT2D eigenvalue weighted by atomic mass is 16.6. The van der Waals surface area contributed by atoms with Gasteiger partial charge in [-0.15, -0.1) is 0 Å². The Morgan fingerprint density at radius 3 is 2.35 bits per heavy atom. The number of nitrogens with zero attached hydrogens (tertiary/aromatic N) is 1. The van der Waals surface area contributed by atoms with Gasteiger partial charge in [0.2, 0.25) is 0 Å². The Bertz CT molecular complexity index is 422. The second-order valence-corrected chi connectivity index (χ2v) is 6.95. The molecule has 1 N–H and O–H groups in total. The lowest BCUT2D eigenvalue weighted by molar-refractivity contribution is -0.172. The van der Waals surface area contributed by atoms with Crippen molar-refractivity contribution in [2.75, 3.05) is 20.6 Å². The molecule has 0 rings (SSSR count). The van der Waals surface area contributed by atoms with Gasteiger partial charge in [-0.25, -0.2) is 4.79 Å². The van der Waals surface area contributed by atoms with E-state index < -0.39 is 11.6 Å². The van der Waals surface area contributed by atoms with E-state index in [9.17, 15) is 9.90 Å². The number of hydrogen-bond acceptors (Lipinski definition) is 4. The van der Waals surface area contributed by atoms with Crippen LogP contribution in [0, 0.1) is 0 Å². The van der Waals surface area contributed by atoms with E-state index in [2.05, 4.69) is 32.9 Å². The molecule has 0 saturated carbocycles. The molecule has 0 spiro atoms. The molecule has 0 aromatic carbocycles. The lowest BCUT2D eigenvalue weighted by Gasteiger charge is -2.29. The minimum Gasteiger partial charge on any atom is -0.460 e. The Morgan fingerprint density at radius 2 is 1.87 bits per heavy atom. The van der Waals surface area contributed by atoms with Crippen LogP contribution in [0.5, 0.6) is 0 Å². The zero-order valence-electron chi connectivity index (χ0n) is 16.0. The van der Waals surface area contributed by atoms with Crippen molar-refractivity contribution < 1.29 is 14.6 Å². The summed E-state index contributed by atoms with van der Waals surface area (Å²) in [6, 6.07) is 0. The highest BCUT2D eigenvalue weighted by molar-refractivity contribution is 5.79. The molecule has 0 aliphatic rings. The summed E-state index contributed by atoms with van der Waals surface area (Å²) in [6.07, 6.45) is 7.18. The van der Waals surface area contributed by atoms with Crippen molar-refractivity contribution in [2.24, 2.45) is 0 Å². The average molecular weight is 325 g/mol. The van der Waals surface area contributed by atoms with Crippen LogP contribution in [0.3, 0.4) is 0 Å². The van der Waals surface area contributed by atoms with Crippen molar-refractivity contribution >= 4 is 5.97 Å². The standard InChI is InChI=1S/C19H35NO3/c1-8-19(22,14-20(6)7)18(21)23-17(5)13-12-16(4)11-9-10-15(2)3/h10,12,17,22H,8-9,11,13-14H2,1-7H3/b16-12+. The van der Waals surface area contributed by atoms with Crippen LogP contribution in [0.1, 0.15) is 60.3 Å². The fourth-order valence-corrected chi connectivity index (χ4v) is 2.24. The predicted octanol–water partition coefficient (Wildman–Crippen LogP) is 3.70. The maximum Gasteiger partial charge on any atom is 0.339 e. The van der Waals surface area contributed by atoms with Crippen LogP contribution < -0.4 is 0 Å². The Labute approximate surface area is 142 Å². The first-order valence-corrected chi connectivity index (χ1v) is 8.48. The summed E-state index contributed by atoms with van der Waals surface area (Å²) in [5.74, 6) is -0.531. The van der Waals surface area contributed by atoms with Gasteiger partial charge in [-0.2, -0.15) is 0 Å². The topological polar surface area (TPSA) is 49.8 Å². The lowest BCUT2D eigenvalue weighted by atomic mass is 10.0. The monoisotopic (exact) mass is 325 g/mol. The Kier molecular flexibility index (Phi) is 10.1. The van der Waals surface area contributed by atoms with Gasteiger partial charge in [0.15, 0.2) is 5.60 Å². The molecule has 0 amide bonds. The van der Waals surface area contributed by atoms with Crippen molar-refractivity contribution in [2.45, 2.75) is 72.0 Å². The summed E-state index contributed by atoms with van der Waals surface area (Å²) in [5, 5.41) is 10.4. The molecular weight excluding hydrogens is 290 g/mol. The quantitative estimate of drug-likeness (QED) is 0.491. The number of aliphatic hydroxyl groups is 1. The van der Waals surface area contributed by atoms with Gasteiger partial charge < -0.3 is 14.7 Å². The van der Waals surface area contributed by atoms with Gasteiger partial charge in [-0.3, -0.25) is 0 Å². The van der Waals surface area contributed by atoms with Crippen LogP contribution in [0.2, 0.25) is 0 Å². The number of hydrogen-bond donors (Lipinski definition) is 1. The summed E-state index contributed by atoms with van der Waals surface area (Å²) in [4.78, 5) is 14.0. The van der Waals surface area contributed by atoms with Crippen molar-refractivity contribution in [1.29, 1.82) is 0 Å². The van der Waals surface area contributed by atoms with E-state index in [1.54, 1.807) is 11.8 Å². The molecule has 0 fully saturated rings. The fourth-order valence-electron chi connectivity index (χ4n) is 2.24. The third-order valence-corrected chi connectivity index (χ3v) is 3.74. The van der Waals surface area contributed by atoms with Crippen molar-refractivity contribution in [3.8, 4) is 0 Å². The summed E-state index contributed by atoms with van der Waals surface area (Å²) in [7, 11) is 3.66. The second-order valence-electron chi connectivity index (χ2n) is 6.95. The molecule has 0 aromatic heterocycles. The maximum absolute atomic E-state index is 12.2. The van der Waals surface area contributed by atoms with Crippen LogP contribution in [0.15, 0.2) is 23.3 Å². The summed E-state index contributed by atoms with van der Waals surface area (Å²) >= 11 is 0. The van der Waals surface area contributed by atoms with Gasteiger partial charge in [0.25, 0.3) is 0 Å². The van der Waals surface area contributed by atoms with Gasteiger partial charge in [0.1, 0.15) is 6.10 Å². The van der Waals surface area contributed by atoms with Gasteiger partial charge in [-0.05, 0) is 61.1 Å². The van der Waals surface area contributed by atoms with Crippen molar-refractivity contribution in [3.63, 3.8) is 0 Å². The number of allylic oxidation sites excluding steroid dienone is 3. The zero-order valence-corrected chi connectivity index (χ0v) is 16.0. The first-order valence-electron chi connectivity index (χ1n) is 8.48. The number of carbonyl (C=O) groups excluding carboxylic acids is 1. The normalized spacial score (nSPS) is 16.0. The van der Waals surface area contributed by atoms with Crippen molar-refractivity contribution in [1.82, 2.24) is 4.90 Å². The third-order valence-electron chi connectivity index (χ3n) is 3.74. The van der Waals surface area contributed by atoms with Crippen molar-refractivity contribution in [3.05, 3.63) is 23.3 Å². The molecule has 0 aromatic rings. The summed E-state index contributed by atoms with van der Waals surface area (Å²) in [5.41, 5.74) is 1.20. The maximum atomic E-state index is 12.2. The molecule has 2 unspecified atom stereocenters. The first kappa shape index (κ1) is 21.9. The minimum atomic E-state index is -1.43. The summed E-state index contributed by atoms with van der Waals surface area (Å²) in [6.45, 7) is 10.2. The third kappa shape index (κ3) is 9.57. The molecule has 0 heterocycles. The number of carbonyl (C=O) groups is 1. The Balaban J connectivity index is 4.44. The highest BCUT2D eigenvalue weighted by Crippen LogP contribution is 2.16. The van der Waals surface area contributed by atoms with E-state index in [1.807, 2.05) is 21.0 Å². The Morgan fingerprint density at radius 1 is 1.26 bits per heavy atom. The molecule has 0 aliphatic carbocycles. The molecule has 2 atom stereocenters. The van der Waals surface area contributed by atoms with E-state index in [4.69, 9.17) is 4.74 Å². The van der Waals surface area contributed by atoms with Crippen LogP contribution in [-0.2, 0) is 9.53 Å². The number of esters is 1. The van der Waals surface area contributed by atoms with Gasteiger partial charge in [0, 0.05) is 13.0 Å². The smallest absolute Gasteiger partial charge is 0.339 e. The SMILES string of the molecule is CCC(O)(CN(C)C)C(=O)OC(C)C/C=C(\C)CCC=C(C)C. The number of ether oxygens (including phenoxy) is 1. The predicted molar refractivity (Wildman–Crippen MR) is 96.4 cm³/mol. The second kappa shape index (κ2) is 10.6. The molecule has 4 nitrogen and oxygen atoms in total. The highest BCUT2D eigenvalue weighted by Gasteiger charge is 2.37. The van der Waals surface area contributed by atoms with Crippen LogP contribution >= 0.6 is 0 Å². The van der Waals surface area contributed by atoms with E-state index in [0.717, 1.165) is 12.8 Å². The van der Waals surface area contributed by atoms with Crippen LogP contribution in [0.25, 0.3) is 0 Å². The largest absolute Gasteiger partial charge is 0.460 e. The zero-order chi connectivity index (χ0) is 18.0. The van der Waals surface area contributed by atoms with Crippen LogP contribution in [0.4, 0.5) is 0 Å². The molecule has 23 heavy (non-hydrogen) atoms. The number of likely N-dealkylation sites (N-methyl/N-ethyl adjacent to an activating group) is 1. The Hall–Kier alpha value is -1.13. The van der Waals surface area contributed by atoms with E-state index in [0.29, 0.717) is 12.8 Å². The fraction of sp³-hybridized carbons (Fsp3) is 0.737.